The van der Waals surface area contributed by atoms with Crippen molar-refractivity contribution in [3.63, 3.8) is 0 Å². The lowest BCUT2D eigenvalue weighted by atomic mass is 9.90. The Bertz CT molecular complexity index is 1420. The molecule has 0 aliphatic carbocycles. The number of carbonyl (C=O) groups excluding carboxylic acids is 1. The summed E-state index contributed by atoms with van der Waals surface area (Å²) in [6, 6.07) is 9.71. The van der Waals surface area contributed by atoms with E-state index in [-0.39, 0.29) is 30.5 Å². The van der Waals surface area contributed by atoms with Crippen LogP contribution in [0.2, 0.25) is 0 Å². The van der Waals surface area contributed by atoms with E-state index in [4.69, 9.17) is 14.0 Å². The molecule has 4 heterocycles. The number of hydrogen-bond donors (Lipinski definition) is 0. The number of anilines is 1. The number of rotatable bonds is 8. The largest absolute Gasteiger partial charge is 0.468 e. The van der Waals surface area contributed by atoms with E-state index < -0.39 is 17.3 Å². The number of nitrogens with zero attached hydrogens (tertiary/aromatic N) is 6. The van der Waals surface area contributed by atoms with Gasteiger partial charge in [-0.15, -0.1) is 0 Å². The number of halogens is 2. The highest BCUT2D eigenvalue weighted by Gasteiger charge is 2.38. The molecular weight excluding hydrogens is 498 g/mol. The second-order valence-corrected chi connectivity index (χ2v) is 9.19. The molecule has 1 fully saturated rings. The van der Waals surface area contributed by atoms with Gasteiger partial charge in [-0.1, -0.05) is 23.4 Å². The van der Waals surface area contributed by atoms with Gasteiger partial charge in [0.2, 0.25) is 0 Å². The van der Waals surface area contributed by atoms with Gasteiger partial charge in [0.15, 0.2) is 17.5 Å². The number of carbonyl (C=O) groups is 1. The van der Waals surface area contributed by atoms with Gasteiger partial charge in [-0.25, -0.2) is 18.7 Å². The number of hydrogen-bond acceptors (Lipinski definition) is 9. The molecule has 10 nitrogen and oxygen atoms in total. The Hall–Kier alpha value is -4.19. The lowest BCUT2D eigenvalue weighted by molar-refractivity contribution is -0.139. The maximum Gasteiger partial charge on any atom is 0.325 e. The predicted octanol–water partition coefficient (Wildman–Crippen LogP) is 3.87. The zero-order valence-corrected chi connectivity index (χ0v) is 20.9. The molecule has 0 spiro atoms. The van der Waals surface area contributed by atoms with Crippen molar-refractivity contribution in [1.29, 1.82) is 0 Å². The Morgan fingerprint density at radius 1 is 1.16 bits per heavy atom. The van der Waals surface area contributed by atoms with E-state index >= 15 is 4.39 Å². The Morgan fingerprint density at radius 3 is 2.66 bits per heavy atom. The van der Waals surface area contributed by atoms with Crippen LogP contribution in [0, 0.1) is 11.6 Å². The highest BCUT2D eigenvalue weighted by atomic mass is 19.1. The van der Waals surface area contributed by atoms with E-state index in [0.717, 1.165) is 6.20 Å². The van der Waals surface area contributed by atoms with Crippen LogP contribution in [0.4, 0.5) is 14.6 Å². The fourth-order valence-corrected chi connectivity index (χ4v) is 4.45. The highest BCUT2D eigenvalue weighted by Crippen LogP contribution is 2.34. The molecule has 38 heavy (non-hydrogen) atoms. The van der Waals surface area contributed by atoms with Crippen LogP contribution in [0.5, 0.6) is 0 Å². The number of aromatic nitrogens is 5. The molecule has 0 radical (unpaired) electrons. The number of methoxy groups -OCH3 is 1. The first-order valence-corrected chi connectivity index (χ1v) is 12.0. The van der Waals surface area contributed by atoms with Gasteiger partial charge in [0, 0.05) is 30.4 Å². The zero-order valence-electron chi connectivity index (χ0n) is 20.9. The molecule has 0 atom stereocenters. The van der Waals surface area contributed by atoms with Gasteiger partial charge in [0.05, 0.1) is 25.5 Å². The van der Waals surface area contributed by atoms with Crippen LogP contribution in [0.1, 0.15) is 25.3 Å². The molecule has 0 saturated carbocycles. The molecule has 0 N–H and O–H groups in total. The minimum atomic E-state index is -0.687. The number of ether oxygens (including phenoxy) is 2. The van der Waals surface area contributed by atoms with Crippen LogP contribution in [0.15, 0.2) is 53.4 Å². The second-order valence-electron chi connectivity index (χ2n) is 9.19. The van der Waals surface area contributed by atoms with Crippen molar-refractivity contribution in [1.82, 2.24) is 24.9 Å². The molecule has 198 valence electrons. The van der Waals surface area contributed by atoms with E-state index in [1.165, 1.54) is 19.4 Å². The molecule has 5 rings (SSSR count). The molecule has 1 aromatic carbocycles. The van der Waals surface area contributed by atoms with Crippen molar-refractivity contribution < 1.29 is 27.6 Å². The third kappa shape index (κ3) is 5.12. The van der Waals surface area contributed by atoms with Gasteiger partial charge in [0.25, 0.3) is 0 Å². The smallest absolute Gasteiger partial charge is 0.325 e. The number of esters is 1. The highest BCUT2D eigenvalue weighted by molar-refractivity contribution is 5.76. The van der Waals surface area contributed by atoms with Crippen molar-refractivity contribution in [3.8, 4) is 22.9 Å². The first kappa shape index (κ1) is 25.5. The Labute approximate surface area is 217 Å². The summed E-state index contributed by atoms with van der Waals surface area (Å²) in [6.07, 6.45) is 3.60. The summed E-state index contributed by atoms with van der Waals surface area (Å²) in [5.74, 6) is -1.51. The average molecular weight is 525 g/mol. The second kappa shape index (κ2) is 10.7. The van der Waals surface area contributed by atoms with Gasteiger partial charge < -0.3 is 18.9 Å². The van der Waals surface area contributed by atoms with E-state index in [1.54, 1.807) is 39.9 Å². The minimum absolute atomic E-state index is 0.0450. The third-order valence-corrected chi connectivity index (χ3v) is 6.71. The fourth-order valence-electron chi connectivity index (χ4n) is 4.45. The molecule has 4 aromatic rings. The van der Waals surface area contributed by atoms with Crippen LogP contribution >= 0.6 is 0 Å². The minimum Gasteiger partial charge on any atom is -0.468 e. The van der Waals surface area contributed by atoms with Crippen LogP contribution in [-0.2, 0) is 20.8 Å². The lowest BCUT2D eigenvalue weighted by Gasteiger charge is -2.44. The van der Waals surface area contributed by atoms with E-state index in [0.29, 0.717) is 48.7 Å². The quantitative estimate of drug-likeness (QED) is 0.317. The average Bonchev–Trinajstić information content (AvgIpc) is 3.60. The van der Waals surface area contributed by atoms with Crippen LogP contribution in [-0.4, -0.2) is 63.3 Å². The third-order valence-electron chi connectivity index (χ3n) is 6.71. The van der Waals surface area contributed by atoms with E-state index in [2.05, 4.69) is 20.2 Å². The zero-order chi connectivity index (χ0) is 26.7. The van der Waals surface area contributed by atoms with E-state index in [1.807, 2.05) is 6.92 Å². The molecule has 0 unspecified atom stereocenters. The fraction of sp³-hybridized carbons (Fsp3) is 0.346. The summed E-state index contributed by atoms with van der Waals surface area (Å²) < 4.78 is 46.6. The maximum atomic E-state index is 15.2. The normalized spacial score (nSPS) is 14.8. The van der Waals surface area contributed by atoms with Gasteiger partial charge in [-0.2, -0.15) is 5.10 Å². The molecule has 1 aliphatic rings. The lowest BCUT2D eigenvalue weighted by Crippen LogP contribution is -2.53. The van der Waals surface area contributed by atoms with Gasteiger partial charge in [-0.3, -0.25) is 9.48 Å². The van der Waals surface area contributed by atoms with Crippen molar-refractivity contribution >= 4 is 11.8 Å². The first-order valence-electron chi connectivity index (χ1n) is 12.0. The Morgan fingerprint density at radius 2 is 1.95 bits per heavy atom. The summed E-state index contributed by atoms with van der Waals surface area (Å²) in [5, 5.41) is 8.59. The van der Waals surface area contributed by atoms with Gasteiger partial charge in [-0.05, 0) is 31.9 Å². The number of benzene rings is 1. The van der Waals surface area contributed by atoms with Crippen molar-refractivity contribution in [2.75, 3.05) is 31.8 Å². The van der Waals surface area contributed by atoms with Crippen LogP contribution in [0.25, 0.3) is 22.9 Å². The summed E-state index contributed by atoms with van der Waals surface area (Å²) in [4.78, 5) is 22.6. The first-order chi connectivity index (χ1) is 18.4. The van der Waals surface area contributed by atoms with Gasteiger partial charge in [0.1, 0.15) is 30.0 Å². The van der Waals surface area contributed by atoms with Gasteiger partial charge >= 0.3 is 5.97 Å². The molecule has 1 saturated heterocycles. The summed E-state index contributed by atoms with van der Waals surface area (Å²) >= 11 is 0. The SMILES string of the molecule is COC(=O)CN(c1nc(-c2cc(-c3ccon3)n(Cc3ccccc3F)n2)ncc1F)C1(C)CCOCC1. The molecular formula is C26H26F2N6O4. The van der Waals surface area contributed by atoms with E-state index in [9.17, 15) is 9.18 Å². The van der Waals surface area contributed by atoms with Crippen LogP contribution < -0.4 is 4.90 Å². The maximum absolute atomic E-state index is 15.2. The Balaban J connectivity index is 1.57. The Kier molecular flexibility index (Phi) is 7.14. The molecule has 0 bridgehead atoms. The monoisotopic (exact) mass is 524 g/mol. The molecule has 1 aliphatic heterocycles. The summed E-state index contributed by atoms with van der Waals surface area (Å²) in [6.45, 7) is 2.78. The van der Waals surface area contributed by atoms with Crippen LogP contribution in [0.3, 0.4) is 0 Å². The topological polar surface area (TPSA) is 108 Å². The molecule has 0 amide bonds. The summed E-state index contributed by atoms with van der Waals surface area (Å²) in [7, 11) is 1.28. The van der Waals surface area contributed by atoms with Crippen molar-refractivity contribution in [3.05, 3.63) is 66.1 Å². The van der Waals surface area contributed by atoms with Crippen molar-refractivity contribution in [2.45, 2.75) is 31.8 Å². The van der Waals surface area contributed by atoms with Crippen molar-refractivity contribution in [2.24, 2.45) is 0 Å². The summed E-state index contributed by atoms with van der Waals surface area (Å²) in [5.41, 5.74) is 1.15. The predicted molar refractivity (Wildman–Crippen MR) is 132 cm³/mol. The standard InChI is InChI=1S/C26H26F2N6O4/c1-26(8-11-37-12-9-26)33(16-23(35)36-2)25-19(28)14-29-24(30-25)21-13-22(20-7-10-38-32-20)34(31-21)15-17-5-3-4-6-18(17)27/h3-7,10,13-14H,8-9,11-12,15-16H2,1-2H3. The molecule has 3 aromatic heterocycles. The molecule has 12 heteroatoms.